The van der Waals surface area contributed by atoms with E-state index in [0.29, 0.717) is 53.3 Å². The Labute approximate surface area is 191 Å². The maximum atomic E-state index is 12.9. The summed E-state index contributed by atoms with van der Waals surface area (Å²) >= 11 is 0. The number of H-pyrrole nitrogens is 1. The summed E-state index contributed by atoms with van der Waals surface area (Å²) < 4.78 is 16.4. The molecule has 0 unspecified atom stereocenters. The number of aromatic nitrogens is 2. The Morgan fingerprint density at radius 2 is 1.64 bits per heavy atom. The van der Waals surface area contributed by atoms with Gasteiger partial charge in [0.25, 0.3) is 5.56 Å². The number of aromatic amines is 1. The number of nitrogens with zero attached hydrogens (tertiary/aromatic N) is 3. The lowest BCUT2D eigenvalue weighted by molar-refractivity contribution is -0.132. The second-order valence-electron chi connectivity index (χ2n) is 7.87. The van der Waals surface area contributed by atoms with E-state index >= 15 is 0 Å². The molecule has 4 rings (SSSR count). The van der Waals surface area contributed by atoms with Crippen molar-refractivity contribution < 1.29 is 19.0 Å². The molecule has 0 spiro atoms. The Bertz CT molecular complexity index is 1200. The van der Waals surface area contributed by atoms with Crippen LogP contribution < -0.4 is 19.8 Å². The molecule has 1 aliphatic rings. The van der Waals surface area contributed by atoms with Gasteiger partial charge < -0.3 is 19.1 Å². The average molecular weight is 453 g/mol. The summed E-state index contributed by atoms with van der Waals surface area (Å²) in [5, 5.41) is 7.89. The van der Waals surface area contributed by atoms with Gasteiger partial charge in [0.05, 0.1) is 38.8 Å². The number of rotatable bonds is 7. The number of carbonyl (C=O) groups excluding carboxylic acids is 1. The van der Waals surface area contributed by atoms with Crippen molar-refractivity contribution in [3.8, 4) is 17.2 Å². The number of hydrogen-bond donors (Lipinski definition) is 1. The van der Waals surface area contributed by atoms with Crippen LogP contribution in [0.1, 0.15) is 11.3 Å². The molecule has 174 valence electrons. The Kier molecular flexibility index (Phi) is 6.79. The van der Waals surface area contributed by atoms with Crippen LogP contribution in [0.25, 0.3) is 10.8 Å². The molecule has 0 saturated carbocycles. The molecule has 1 saturated heterocycles. The third-order valence-corrected chi connectivity index (χ3v) is 6.00. The van der Waals surface area contributed by atoms with Crippen molar-refractivity contribution >= 4 is 16.7 Å². The minimum atomic E-state index is -0.249. The molecule has 1 aromatic heterocycles. The van der Waals surface area contributed by atoms with E-state index in [9.17, 15) is 9.59 Å². The first-order chi connectivity index (χ1) is 16.0. The highest BCUT2D eigenvalue weighted by atomic mass is 16.5. The Morgan fingerprint density at radius 1 is 0.939 bits per heavy atom. The number of ether oxygens (including phenoxy) is 3. The maximum absolute atomic E-state index is 12.9. The second kappa shape index (κ2) is 9.91. The van der Waals surface area contributed by atoms with Gasteiger partial charge in [-0.25, -0.2) is 5.10 Å². The summed E-state index contributed by atoms with van der Waals surface area (Å²) in [7, 11) is 4.81. The summed E-state index contributed by atoms with van der Waals surface area (Å²) in [5.74, 6) is 1.86. The summed E-state index contributed by atoms with van der Waals surface area (Å²) in [6.45, 7) is 3.40. The van der Waals surface area contributed by atoms with Crippen LogP contribution in [0.15, 0.2) is 41.2 Å². The quantitative estimate of drug-likeness (QED) is 0.584. The Hall–Kier alpha value is -3.59. The summed E-state index contributed by atoms with van der Waals surface area (Å²) in [6.07, 6.45) is 0.154. The molecule has 1 fully saturated rings. The molecule has 0 atom stereocenters. The third-order valence-electron chi connectivity index (χ3n) is 6.00. The third kappa shape index (κ3) is 4.63. The number of nitrogens with one attached hydrogen (secondary N) is 1. The van der Waals surface area contributed by atoms with Gasteiger partial charge in [-0.2, -0.15) is 5.10 Å². The zero-order valence-corrected chi connectivity index (χ0v) is 19.1. The first kappa shape index (κ1) is 22.6. The number of hydrogen-bond acceptors (Lipinski definition) is 7. The van der Waals surface area contributed by atoms with E-state index in [4.69, 9.17) is 14.2 Å². The highest BCUT2D eigenvalue weighted by Crippen LogP contribution is 2.40. The van der Waals surface area contributed by atoms with Crippen LogP contribution in [0.2, 0.25) is 0 Å². The van der Waals surface area contributed by atoms with Crippen LogP contribution in [-0.2, 0) is 17.8 Å². The van der Waals surface area contributed by atoms with Gasteiger partial charge in [-0.15, -0.1) is 0 Å². The van der Waals surface area contributed by atoms with Crippen molar-refractivity contribution in [1.82, 2.24) is 20.0 Å². The van der Waals surface area contributed by atoms with Crippen molar-refractivity contribution in [1.29, 1.82) is 0 Å². The van der Waals surface area contributed by atoms with E-state index in [0.717, 1.165) is 18.7 Å². The van der Waals surface area contributed by atoms with E-state index in [-0.39, 0.29) is 17.9 Å². The van der Waals surface area contributed by atoms with Gasteiger partial charge in [-0.05, 0) is 12.1 Å². The topological polar surface area (TPSA) is 97.0 Å². The van der Waals surface area contributed by atoms with Gasteiger partial charge in [0.2, 0.25) is 11.7 Å². The van der Waals surface area contributed by atoms with Crippen molar-refractivity contribution in [2.45, 2.75) is 13.0 Å². The molecule has 9 heteroatoms. The van der Waals surface area contributed by atoms with Gasteiger partial charge in [-0.1, -0.05) is 24.3 Å². The van der Waals surface area contributed by atoms with Crippen molar-refractivity contribution in [2.75, 3.05) is 47.5 Å². The van der Waals surface area contributed by atoms with Gasteiger partial charge in [0.15, 0.2) is 11.5 Å². The molecule has 3 aromatic rings. The second-order valence-corrected chi connectivity index (χ2v) is 7.87. The van der Waals surface area contributed by atoms with Crippen LogP contribution in [0.3, 0.4) is 0 Å². The van der Waals surface area contributed by atoms with Crippen molar-refractivity contribution in [2.24, 2.45) is 0 Å². The normalized spacial score (nSPS) is 14.3. The Balaban J connectivity index is 1.40. The fraction of sp³-hybridized carbons (Fsp3) is 0.375. The number of amides is 1. The van der Waals surface area contributed by atoms with Gasteiger partial charge in [-0.3, -0.25) is 14.5 Å². The molecular weight excluding hydrogens is 424 g/mol. The van der Waals surface area contributed by atoms with Crippen LogP contribution in [0.5, 0.6) is 17.2 Å². The summed E-state index contributed by atoms with van der Waals surface area (Å²) in [6, 6.07) is 11.1. The lowest BCUT2D eigenvalue weighted by Gasteiger charge is -2.35. The van der Waals surface area contributed by atoms with Crippen LogP contribution in [0.4, 0.5) is 0 Å². The van der Waals surface area contributed by atoms with E-state index in [1.54, 1.807) is 33.5 Å². The number of benzene rings is 2. The van der Waals surface area contributed by atoms with Gasteiger partial charge in [0, 0.05) is 43.7 Å². The highest BCUT2D eigenvalue weighted by molar-refractivity contribution is 5.88. The molecule has 33 heavy (non-hydrogen) atoms. The smallest absolute Gasteiger partial charge is 0.272 e. The monoisotopic (exact) mass is 452 g/mol. The SMILES string of the molecule is COc1ccc(CN2CCN(C(=O)Cc3n[nH]c(=O)c4ccccc34)CC2)c(OC)c1OC. The van der Waals surface area contributed by atoms with E-state index in [1.807, 2.05) is 29.2 Å². The molecule has 1 amide bonds. The van der Waals surface area contributed by atoms with E-state index in [2.05, 4.69) is 15.1 Å². The fourth-order valence-electron chi connectivity index (χ4n) is 4.25. The molecule has 0 bridgehead atoms. The van der Waals surface area contributed by atoms with E-state index in [1.165, 1.54) is 0 Å². The minimum absolute atomic E-state index is 0.00282. The number of carbonyl (C=O) groups is 1. The first-order valence-corrected chi connectivity index (χ1v) is 10.8. The number of methoxy groups -OCH3 is 3. The molecule has 2 heterocycles. The van der Waals surface area contributed by atoms with Gasteiger partial charge in [0.1, 0.15) is 0 Å². The van der Waals surface area contributed by atoms with Crippen molar-refractivity contribution in [3.63, 3.8) is 0 Å². The predicted molar refractivity (Wildman–Crippen MR) is 124 cm³/mol. The van der Waals surface area contributed by atoms with Gasteiger partial charge >= 0.3 is 0 Å². The lowest BCUT2D eigenvalue weighted by atomic mass is 10.1. The average Bonchev–Trinajstić information content (AvgIpc) is 2.85. The zero-order valence-electron chi connectivity index (χ0n) is 19.1. The highest BCUT2D eigenvalue weighted by Gasteiger charge is 2.24. The summed E-state index contributed by atoms with van der Waals surface area (Å²) in [4.78, 5) is 29.1. The first-order valence-electron chi connectivity index (χ1n) is 10.8. The summed E-state index contributed by atoms with van der Waals surface area (Å²) in [5.41, 5.74) is 1.34. The largest absolute Gasteiger partial charge is 0.493 e. The van der Waals surface area contributed by atoms with Crippen LogP contribution in [0, 0.1) is 0 Å². The Morgan fingerprint density at radius 3 is 2.30 bits per heavy atom. The van der Waals surface area contributed by atoms with Crippen LogP contribution in [-0.4, -0.2) is 73.4 Å². The number of piperazine rings is 1. The van der Waals surface area contributed by atoms with Crippen molar-refractivity contribution in [3.05, 3.63) is 58.0 Å². The molecular formula is C24H28N4O5. The molecule has 1 N–H and O–H groups in total. The molecule has 2 aromatic carbocycles. The van der Waals surface area contributed by atoms with E-state index < -0.39 is 0 Å². The predicted octanol–water partition coefficient (Wildman–Crippen LogP) is 1.84. The van der Waals surface area contributed by atoms with Crippen LogP contribution >= 0.6 is 0 Å². The molecule has 9 nitrogen and oxygen atoms in total. The molecule has 0 aliphatic carbocycles. The minimum Gasteiger partial charge on any atom is -0.493 e. The lowest BCUT2D eigenvalue weighted by Crippen LogP contribution is -2.48. The zero-order chi connectivity index (χ0) is 23.4. The fourth-order valence-corrected chi connectivity index (χ4v) is 4.25. The number of fused-ring (bicyclic) bond motifs is 1. The maximum Gasteiger partial charge on any atom is 0.272 e. The molecule has 1 aliphatic heterocycles. The standard InChI is InChI=1S/C24H28N4O5/c1-31-20-9-8-16(22(32-2)23(20)33-3)15-27-10-12-28(13-11-27)21(29)14-19-17-6-4-5-7-18(17)24(30)26-25-19/h4-9H,10-15H2,1-3H3,(H,26,30). The molecule has 0 radical (unpaired) electrons.